The average molecular weight is 287 g/mol. The van der Waals surface area contributed by atoms with E-state index in [1.54, 1.807) is 12.1 Å². The third-order valence-corrected chi connectivity index (χ3v) is 3.41. The third-order valence-electron chi connectivity index (χ3n) is 3.41. The van der Waals surface area contributed by atoms with E-state index in [4.69, 9.17) is 5.11 Å². The van der Waals surface area contributed by atoms with Gasteiger partial charge in [0, 0.05) is 0 Å². The molecule has 4 heteroatoms. The van der Waals surface area contributed by atoms with Crippen LogP contribution in [0, 0.1) is 5.82 Å². The fraction of sp³-hybridized carbons (Fsp3) is 0.235. The molecule has 2 aromatic carbocycles. The summed E-state index contributed by atoms with van der Waals surface area (Å²) in [7, 11) is 0. The van der Waals surface area contributed by atoms with E-state index >= 15 is 0 Å². The third kappa shape index (κ3) is 3.89. The van der Waals surface area contributed by atoms with Gasteiger partial charge < -0.3 is 5.11 Å². The summed E-state index contributed by atoms with van der Waals surface area (Å²) in [6, 6.07) is 15.7. The molecular formula is C17H18FNO2. The number of rotatable bonds is 6. The molecule has 3 nitrogen and oxygen atoms in total. The predicted molar refractivity (Wildman–Crippen MR) is 79.6 cm³/mol. The van der Waals surface area contributed by atoms with Crippen molar-refractivity contribution >= 4 is 5.97 Å². The van der Waals surface area contributed by atoms with Crippen molar-refractivity contribution in [2.75, 3.05) is 13.1 Å². The number of carboxylic acid groups (broad SMARTS) is 1. The van der Waals surface area contributed by atoms with Crippen molar-refractivity contribution in [2.45, 2.75) is 13.0 Å². The molecule has 1 N–H and O–H groups in total. The van der Waals surface area contributed by atoms with Gasteiger partial charge in [0.05, 0.1) is 12.6 Å². The highest BCUT2D eigenvalue weighted by molar-refractivity contribution is 5.69. The Bertz CT molecular complexity index is 583. The van der Waals surface area contributed by atoms with Gasteiger partial charge in [-0.3, -0.25) is 9.69 Å². The number of aliphatic carboxylic acids is 1. The number of hydrogen-bond donors (Lipinski definition) is 1. The highest BCUT2D eigenvalue weighted by atomic mass is 19.1. The van der Waals surface area contributed by atoms with Crippen molar-refractivity contribution < 1.29 is 14.3 Å². The molecule has 0 amide bonds. The second-order valence-corrected chi connectivity index (χ2v) is 4.82. The van der Waals surface area contributed by atoms with Gasteiger partial charge in [-0.25, -0.2) is 4.39 Å². The number of benzene rings is 2. The lowest BCUT2D eigenvalue weighted by Crippen LogP contribution is -2.34. The van der Waals surface area contributed by atoms with Crippen LogP contribution in [0.2, 0.25) is 0 Å². The number of halogens is 1. The summed E-state index contributed by atoms with van der Waals surface area (Å²) >= 11 is 0. The van der Waals surface area contributed by atoms with Crippen molar-refractivity contribution in [3.63, 3.8) is 0 Å². The molecule has 0 heterocycles. The first-order valence-corrected chi connectivity index (χ1v) is 6.88. The van der Waals surface area contributed by atoms with E-state index in [0.717, 1.165) is 11.1 Å². The predicted octanol–water partition coefficient (Wildman–Crippen LogP) is 3.32. The van der Waals surface area contributed by atoms with Crippen molar-refractivity contribution in [3.8, 4) is 0 Å². The van der Waals surface area contributed by atoms with Crippen molar-refractivity contribution in [2.24, 2.45) is 0 Å². The first kappa shape index (κ1) is 15.2. The van der Waals surface area contributed by atoms with Crippen molar-refractivity contribution in [1.29, 1.82) is 0 Å². The summed E-state index contributed by atoms with van der Waals surface area (Å²) in [5.74, 6) is -1.17. The number of hydrogen-bond acceptors (Lipinski definition) is 2. The molecular weight excluding hydrogens is 269 g/mol. The molecule has 0 aliphatic rings. The quantitative estimate of drug-likeness (QED) is 0.886. The van der Waals surface area contributed by atoms with Gasteiger partial charge in [0.25, 0.3) is 0 Å². The molecule has 2 aromatic rings. The van der Waals surface area contributed by atoms with Crippen LogP contribution in [0.25, 0.3) is 0 Å². The standard InChI is InChI=1S/C17H18FNO2/c1-2-19(12-16(20)21)17(13-6-4-3-5-7-13)14-8-10-15(18)11-9-14/h3-11,17H,2,12H2,1H3,(H,20,21). The van der Waals surface area contributed by atoms with Gasteiger partial charge >= 0.3 is 5.97 Å². The molecule has 0 saturated heterocycles. The fourth-order valence-corrected chi connectivity index (χ4v) is 2.45. The maximum Gasteiger partial charge on any atom is 0.317 e. The van der Waals surface area contributed by atoms with Crippen LogP contribution in [0.15, 0.2) is 54.6 Å². The second-order valence-electron chi connectivity index (χ2n) is 4.82. The van der Waals surface area contributed by atoms with E-state index < -0.39 is 5.97 Å². The maximum atomic E-state index is 13.1. The highest BCUT2D eigenvalue weighted by Crippen LogP contribution is 2.28. The molecule has 110 valence electrons. The summed E-state index contributed by atoms with van der Waals surface area (Å²) < 4.78 is 13.1. The zero-order valence-corrected chi connectivity index (χ0v) is 11.9. The van der Waals surface area contributed by atoms with Crippen LogP contribution < -0.4 is 0 Å². The van der Waals surface area contributed by atoms with Crippen LogP contribution in [-0.4, -0.2) is 29.1 Å². The fourth-order valence-electron chi connectivity index (χ4n) is 2.45. The number of carboxylic acids is 1. The molecule has 0 fully saturated rings. The lowest BCUT2D eigenvalue weighted by Gasteiger charge is -2.30. The smallest absolute Gasteiger partial charge is 0.317 e. The molecule has 0 radical (unpaired) electrons. The Morgan fingerprint density at radius 1 is 1.10 bits per heavy atom. The Labute approximate surface area is 123 Å². The van der Waals surface area contributed by atoms with Gasteiger partial charge in [0.15, 0.2) is 0 Å². The Morgan fingerprint density at radius 2 is 1.67 bits per heavy atom. The van der Waals surface area contributed by atoms with E-state index in [0.29, 0.717) is 6.54 Å². The lowest BCUT2D eigenvalue weighted by molar-refractivity contribution is -0.138. The Morgan fingerprint density at radius 3 is 2.19 bits per heavy atom. The van der Waals surface area contributed by atoms with Crippen LogP contribution in [0.5, 0.6) is 0 Å². The molecule has 0 aromatic heterocycles. The van der Waals surface area contributed by atoms with E-state index in [9.17, 15) is 9.18 Å². The van der Waals surface area contributed by atoms with Gasteiger partial charge in [-0.2, -0.15) is 0 Å². The number of nitrogens with zero attached hydrogens (tertiary/aromatic N) is 1. The second kappa shape index (κ2) is 6.99. The van der Waals surface area contributed by atoms with Crippen LogP contribution in [0.1, 0.15) is 24.1 Å². The monoisotopic (exact) mass is 287 g/mol. The SMILES string of the molecule is CCN(CC(=O)O)C(c1ccccc1)c1ccc(F)cc1. The highest BCUT2D eigenvalue weighted by Gasteiger charge is 2.22. The summed E-state index contributed by atoms with van der Waals surface area (Å²) in [5, 5.41) is 9.10. The average Bonchev–Trinajstić information content (AvgIpc) is 2.49. The summed E-state index contributed by atoms with van der Waals surface area (Å²) in [4.78, 5) is 12.9. The number of likely N-dealkylation sites (N-methyl/N-ethyl adjacent to an activating group) is 1. The zero-order valence-electron chi connectivity index (χ0n) is 11.9. The summed E-state index contributed by atoms with van der Waals surface area (Å²) in [6.45, 7) is 2.44. The maximum absolute atomic E-state index is 13.1. The van der Waals surface area contributed by atoms with Gasteiger partial charge in [0.2, 0.25) is 0 Å². The Kier molecular flexibility index (Phi) is 5.06. The van der Waals surface area contributed by atoms with Gasteiger partial charge in [-0.1, -0.05) is 49.4 Å². The van der Waals surface area contributed by atoms with Gasteiger partial charge in [0.1, 0.15) is 5.82 Å². The largest absolute Gasteiger partial charge is 0.480 e. The minimum absolute atomic E-state index is 0.0621. The Hall–Kier alpha value is -2.20. The molecule has 2 rings (SSSR count). The van der Waals surface area contributed by atoms with Crippen LogP contribution in [-0.2, 0) is 4.79 Å². The van der Waals surface area contributed by atoms with E-state index in [-0.39, 0.29) is 18.4 Å². The van der Waals surface area contributed by atoms with Crippen molar-refractivity contribution in [3.05, 3.63) is 71.5 Å². The molecule has 1 atom stereocenters. The molecule has 0 bridgehead atoms. The Balaban J connectivity index is 2.43. The molecule has 0 saturated carbocycles. The first-order valence-electron chi connectivity index (χ1n) is 6.88. The molecule has 1 unspecified atom stereocenters. The minimum atomic E-state index is -0.875. The first-order chi connectivity index (χ1) is 10.1. The van der Waals surface area contributed by atoms with Crippen LogP contribution >= 0.6 is 0 Å². The minimum Gasteiger partial charge on any atom is -0.480 e. The van der Waals surface area contributed by atoms with Crippen LogP contribution in [0.4, 0.5) is 4.39 Å². The lowest BCUT2D eigenvalue weighted by atomic mass is 9.97. The molecule has 0 aliphatic heterocycles. The van der Waals surface area contributed by atoms with E-state index in [2.05, 4.69) is 0 Å². The van der Waals surface area contributed by atoms with Gasteiger partial charge in [-0.15, -0.1) is 0 Å². The zero-order chi connectivity index (χ0) is 15.2. The van der Waals surface area contributed by atoms with Crippen LogP contribution in [0.3, 0.4) is 0 Å². The topological polar surface area (TPSA) is 40.5 Å². The molecule has 0 aliphatic carbocycles. The normalized spacial score (nSPS) is 12.3. The molecule has 0 spiro atoms. The number of carbonyl (C=O) groups is 1. The van der Waals surface area contributed by atoms with Crippen molar-refractivity contribution in [1.82, 2.24) is 4.90 Å². The summed E-state index contributed by atoms with van der Waals surface area (Å²) in [6.07, 6.45) is 0. The summed E-state index contributed by atoms with van der Waals surface area (Å²) in [5.41, 5.74) is 1.87. The van der Waals surface area contributed by atoms with E-state index in [1.807, 2.05) is 42.2 Å². The molecule has 21 heavy (non-hydrogen) atoms. The van der Waals surface area contributed by atoms with Gasteiger partial charge in [-0.05, 0) is 29.8 Å². The van der Waals surface area contributed by atoms with E-state index in [1.165, 1.54) is 12.1 Å².